The third-order valence-electron chi connectivity index (χ3n) is 1.37. The first-order valence-corrected chi connectivity index (χ1v) is 4.28. The molecule has 0 aliphatic rings. The first-order valence-electron chi connectivity index (χ1n) is 3.11. The quantitative estimate of drug-likeness (QED) is 0.650. The minimum atomic E-state index is -0.503. The molecule has 0 bridgehead atoms. The van der Waals surface area contributed by atoms with E-state index in [1.807, 2.05) is 0 Å². The molecule has 5 heteroatoms. The lowest BCUT2D eigenvalue weighted by atomic mass is 10.2. The molecule has 66 valence electrons. The summed E-state index contributed by atoms with van der Waals surface area (Å²) in [5.74, 6) is 4.31. The van der Waals surface area contributed by atoms with Crippen molar-refractivity contribution in [3.05, 3.63) is 33.0 Å². The Morgan fingerprint density at radius 3 is 2.83 bits per heavy atom. The van der Waals surface area contributed by atoms with Gasteiger partial charge in [-0.05, 0) is 12.1 Å². The maximum absolute atomic E-state index is 13.2. The van der Waals surface area contributed by atoms with Gasteiger partial charge >= 0.3 is 0 Å². The molecule has 2 N–H and O–H groups in total. The van der Waals surface area contributed by atoms with Gasteiger partial charge in [0.2, 0.25) is 0 Å². The highest BCUT2D eigenvalue weighted by Crippen LogP contribution is 2.25. The Bertz CT molecular complexity index is 295. The van der Waals surface area contributed by atoms with E-state index in [0.29, 0.717) is 10.0 Å². The zero-order valence-electron chi connectivity index (χ0n) is 5.98. The molecule has 1 aromatic carbocycles. The molecular formula is C7H6BrClFNO. The van der Waals surface area contributed by atoms with E-state index in [-0.39, 0.29) is 11.6 Å². The molecule has 12 heavy (non-hydrogen) atoms. The summed E-state index contributed by atoms with van der Waals surface area (Å²) in [4.78, 5) is 4.32. The monoisotopic (exact) mass is 253 g/mol. The minimum Gasteiger partial charge on any atom is -0.300 e. The molecule has 0 saturated heterocycles. The lowest BCUT2D eigenvalue weighted by Crippen LogP contribution is -2.02. The zero-order valence-corrected chi connectivity index (χ0v) is 8.32. The van der Waals surface area contributed by atoms with Crippen molar-refractivity contribution in [3.8, 4) is 0 Å². The SMILES string of the molecule is NOCc1c(Br)ccc(Cl)c1F. The highest BCUT2D eigenvalue weighted by molar-refractivity contribution is 9.10. The van der Waals surface area contributed by atoms with E-state index in [9.17, 15) is 4.39 Å². The Kier molecular flexibility index (Phi) is 3.46. The molecule has 0 spiro atoms. The number of rotatable bonds is 2. The van der Waals surface area contributed by atoms with Gasteiger partial charge in [-0.3, -0.25) is 4.84 Å². The van der Waals surface area contributed by atoms with E-state index < -0.39 is 5.82 Å². The fourth-order valence-electron chi connectivity index (χ4n) is 0.785. The van der Waals surface area contributed by atoms with Crippen LogP contribution in [0.2, 0.25) is 5.02 Å². The molecule has 0 unspecified atom stereocenters. The van der Waals surface area contributed by atoms with Gasteiger partial charge in [0.1, 0.15) is 5.82 Å². The van der Waals surface area contributed by atoms with Crippen LogP contribution in [0.3, 0.4) is 0 Å². The maximum Gasteiger partial charge on any atom is 0.148 e. The predicted octanol–water partition coefficient (Wildman–Crippen LogP) is 2.63. The molecule has 0 radical (unpaired) electrons. The smallest absolute Gasteiger partial charge is 0.148 e. The molecule has 0 amide bonds. The molecule has 0 aliphatic carbocycles. The van der Waals surface area contributed by atoms with Crippen LogP contribution in [0.1, 0.15) is 5.56 Å². The average Bonchev–Trinajstić information content (AvgIpc) is 2.06. The summed E-state index contributed by atoms with van der Waals surface area (Å²) in [6, 6.07) is 3.10. The minimum absolute atomic E-state index is 0.00697. The lowest BCUT2D eigenvalue weighted by molar-refractivity contribution is 0.121. The van der Waals surface area contributed by atoms with Crippen LogP contribution in [0.4, 0.5) is 4.39 Å². The highest BCUT2D eigenvalue weighted by Gasteiger charge is 2.10. The van der Waals surface area contributed by atoms with Gasteiger partial charge in [0, 0.05) is 10.0 Å². The van der Waals surface area contributed by atoms with E-state index >= 15 is 0 Å². The maximum atomic E-state index is 13.2. The van der Waals surface area contributed by atoms with Crippen molar-refractivity contribution < 1.29 is 9.23 Å². The van der Waals surface area contributed by atoms with Gasteiger partial charge < -0.3 is 0 Å². The molecule has 0 heterocycles. The molecule has 0 fully saturated rings. The predicted molar refractivity (Wildman–Crippen MR) is 48.1 cm³/mol. The Morgan fingerprint density at radius 1 is 1.58 bits per heavy atom. The first kappa shape index (κ1) is 9.92. The normalized spacial score (nSPS) is 10.3. The van der Waals surface area contributed by atoms with Crippen molar-refractivity contribution in [2.24, 2.45) is 5.90 Å². The summed E-state index contributed by atoms with van der Waals surface area (Å²) in [5, 5.41) is 0.0604. The highest BCUT2D eigenvalue weighted by atomic mass is 79.9. The van der Waals surface area contributed by atoms with E-state index in [4.69, 9.17) is 17.5 Å². The topological polar surface area (TPSA) is 35.2 Å². The fourth-order valence-corrected chi connectivity index (χ4v) is 1.38. The third-order valence-corrected chi connectivity index (χ3v) is 2.40. The van der Waals surface area contributed by atoms with Gasteiger partial charge in [-0.15, -0.1) is 0 Å². The van der Waals surface area contributed by atoms with Crippen molar-refractivity contribution in [2.45, 2.75) is 6.61 Å². The van der Waals surface area contributed by atoms with Crippen LogP contribution >= 0.6 is 27.5 Å². The summed E-state index contributed by atoms with van der Waals surface area (Å²) in [6.07, 6.45) is 0. The van der Waals surface area contributed by atoms with Crippen LogP contribution in [0.25, 0.3) is 0 Å². The van der Waals surface area contributed by atoms with Gasteiger partial charge in [-0.25, -0.2) is 10.3 Å². The number of hydrogen-bond donors (Lipinski definition) is 1. The van der Waals surface area contributed by atoms with Gasteiger partial charge in [-0.1, -0.05) is 27.5 Å². The molecule has 1 rings (SSSR count). The van der Waals surface area contributed by atoms with Crippen molar-refractivity contribution in [3.63, 3.8) is 0 Å². The third kappa shape index (κ3) is 1.95. The Morgan fingerprint density at radius 2 is 2.25 bits per heavy atom. The average molecular weight is 254 g/mol. The van der Waals surface area contributed by atoms with Gasteiger partial charge in [0.15, 0.2) is 0 Å². The van der Waals surface area contributed by atoms with Crippen molar-refractivity contribution in [2.75, 3.05) is 0 Å². The first-order chi connectivity index (χ1) is 5.66. The number of benzene rings is 1. The Balaban J connectivity index is 3.14. The Hall–Kier alpha value is -0.160. The summed E-state index contributed by atoms with van der Waals surface area (Å²) < 4.78 is 13.7. The van der Waals surface area contributed by atoms with E-state index in [1.165, 1.54) is 6.07 Å². The molecule has 2 nitrogen and oxygen atoms in total. The van der Waals surface area contributed by atoms with Crippen LogP contribution in [0.5, 0.6) is 0 Å². The second-order valence-corrected chi connectivity index (χ2v) is 3.39. The van der Waals surface area contributed by atoms with Gasteiger partial charge in [0.05, 0.1) is 11.6 Å². The zero-order chi connectivity index (χ0) is 9.14. The summed E-state index contributed by atoms with van der Waals surface area (Å²) in [7, 11) is 0. The van der Waals surface area contributed by atoms with E-state index in [1.54, 1.807) is 6.07 Å². The molecule has 0 saturated carbocycles. The van der Waals surface area contributed by atoms with Crippen LogP contribution in [-0.2, 0) is 11.4 Å². The molecule has 1 aromatic rings. The molecule has 0 atom stereocenters. The van der Waals surface area contributed by atoms with Gasteiger partial charge in [0.25, 0.3) is 0 Å². The standard InChI is InChI=1S/C7H6BrClFNO/c8-5-1-2-6(9)7(10)4(5)3-12-11/h1-2H,3,11H2. The summed E-state index contributed by atoms with van der Waals surface area (Å²) in [6.45, 7) is -0.00697. The van der Waals surface area contributed by atoms with Crippen LogP contribution in [-0.4, -0.2) is 0 Å². The summed E-state index contributed by atoms with van der Waals surface area (Å²) in [5.41, 5.74) is 0.324. The second kappa shape index (κ2) is 4.18. The largest absolute Gasteiger partial charge is 0.300 e. The number of nitrogens with two attached hydrogens (primary N) is 1. The van der Waals surface area contributed by atoms with Crippen LogP contribution in [0.15, 0.2) is 16.6 Å². The van der Waals surface area contributed by atoms with Gasteiger partial charge in [-0.2, -0.15) is 0 Å². The van der Waals surface area contributed by atoms with E-state index in [2.05, 4.69) is 20.8 Å². The number of halogens is 3. The van der Waals surface area contributed by atoms with Crippen LogP contribution in [0, 0.1) is 5.82 Å². The second-order valence-electron chi connectivity index (χ2n) is 2.13. The van der Waals surface area contributed by atoms with Crippen molar-refractivity contribution in [1.82, 2.24) is 0 Å². The Labute approximate surface area is 82.5 Å². The van der Waals surface area contributed by atoms with Crippen molar-refractivity contribution in [1.29, 1.82) is 0 Å². The summed E-state index contributed by atoms with van der Waals surface area (Å²) >= 11 is 8.68. The lowest BCUT2D eigenvalue weighted by Gasteiger charge is -2.04. The fraction of sp³-hybridized carbons (Fsp3) is 0.143. The number of hydrogen-bond acceptors (Lipinski definition) is 2. The van der Waals surface area contributed by atoms with E-state index in [0.717, 1.165) is 0 Å². The molecule has 0 aliphatic heterocycles. The molecular weight excluding hydrogens is 248 g/mol. The molecule has 0 aromatic heterocycles. The van der Waals surface area contributed by atoms with Crippen LogP contribution < -0.4 is 5.90 Å². The van der Waals surface area contributed by atoms with Crippen molar-refractivity contribution >= 4 is 27.5 Å².